The summed E-state index contributed by atoms with van der Waals surface area (Å²) in [5, 5.41) is 0. The minimum Gasteiger partial charge on any atom is -0.367 e. The van der Waals surface area contributed by atoms with Crippen molar-refractivity contribution in [2.24, 2.45) is 0 Å². The molecule has 0 N–H and O–H groups in total. The monoisotopic (exact) mass is 294 g/mol. The van der Waals surface area contributed by atoms with Crippen molar-refractivity contribution in [1.82, 2.24) is 4.90 Å². The molecule has 116 valence electrons. The molecule has 0 atom stereocenters. The third-order valence-corrected chi connectivity index (χ3v) is 4.14. The second kappa shape index (κ2) is 7.20. The lowest BCUT2D eigenvalue weighted by molar-refractivity contribution is -0.182. The number of hydrogen-bond acceptors (Lipinski definition) is 4. The van der Waals surface area contributed by atoms with E-state index in [1.54, 1.807) is 6.07 Å². The highest BCUT2D eigenvalue weighted by Gasteiger charge is 2.21. The predicted molar refractivity (Wildman–Crippen MR) is 80.0 cm³/mol. The van der Waals surface area contributed by atoms with Crippen LogP contribution in [0.25, 0.3) is 0 Å². The average molecular weight is 294 g/mol. The summed E-state index contributed by atoms with van der Waals surface area (Å²) in [5.74, 6) is -0.130. The second-order valence-electron chi connectivity index (χ2n) is 5.59. The summed E-state index contributed by atoms with van der Waals surface area (Å²) in [6.07, 6.45) is 1.88. The zero-order valence-corrected chi connectivity index (χ0v) is 12.3. The molecule has 4 nitrogen and oxygen atoms in total. The average Bonchev–Trinajstić information content (AvgIpc) is 2.55. The summed E-state index contributed by atoms with van der Waals surface area (Å²) in [6, 6.07) is 7.01. The van der Waals surface area contributed by atoms with Crippen LogP contribution in [-0.2, 0) is 9.47 Å². The molecule has 2 aliphatic heterocycles. The Hall–Kier alpha value is -1.17. The molecule has 0 aromatic heterocycles. The Morgan fingerprint density at radius 2 is 1.76 bits per heavy atom. The van der Waals surface area contributed by atoms with E-state index in [2.05, 4.69) is 9.80 Å². The fourth-order valence-corrected chi connectivity index (χ4v) is 2.91. The molecule has 0 aliphatic carbocycles. The lowest BCUT2D eigenvalue weighted by atomic mass is 10.2. The third kappa shape index (κ3) is 3.93. The largest absolute Gasteiger partial charge is 0.367 e. The van der Waals surface area contributed by atoms with E-state index in [-0.39, 0.29) is 12.1 Å². The molecular formula is C16H23FN2O2. The lowest BCUT2D eigenvalue weighted by Crippen LogP contribution is -2.47. The zero-order chi connectivity index (χ0) is 14.5. The fraction of sp³-hybridized carbons (Fsp3) is 0.625. The lowest BCUT2D eigenvalue weighted by Gasteiger charge is -2.36. The molecule has 0 radical (unpaired) electrons. The molecule has 1 aromatic carbocycles. The van der Waals surface area contributed by atoms with Gasteiger partial charge in [0.25, 0.3) is 0 Å². The molecule has 2 saturated heterocycles. The van der Waals surface area contributed by atoms with Gasteiger partial charge < -0.3 is 14.4 Å². The quantitative estimate of drug-likeness (QED) is 0.849. The molecule has 1 aromatic rings. The van der Waals surface area contributed by atoms with E-state index >= 15 is 0 Å². The van der Waals surface area contributed by atoms with Gasteiger partial charge in [0.2, 0.25) is 0 Å². The number of rotatable bonds is 4. The van der Waals surface area contributed by atoms with Crippen LogP contribution in [0.2, 0.25) is 0 Å². The molecule has 2 heterocycles. The highest BCUT2D eigenvalue weighted by Crippen LogP contribution is 2.20. The van der Waals surface area contributed by atoms with Crippen molar-refractivity contribution in [3.8, 4) is 0 Å². The van der Waals surface area contributed by atoms with E-state index in [0.29, 0.717) is 0 Å². The van der Waals surface area contributed by atoms with Crippen LogP contribution >= 0.6 is 0 Å². The highest BCUT2D eigenvalue weighted by molar-refractivity contribution is 5.47. The van der Waals surface area contributed by atoms with Crippen molar-refractivity contribution in [2.45, 2.75) is 19.1 Å². The number of para-hydroxylation sites is 1. The van der Waals surface area contributed by atoms with Crippen LogP contribution in [-0.4, -0.2) is 57.1 Å². The number of piperazine rings is 1. The molecule has 0 unspecified atom stereocenters. The molecule has 21 heavy (non-hydrogen) atoms. The van der Waals surface area contributed by atoms with Crippen LogP contribution in [0.15, 0.2) is 24.3 Å². The normalized spacial score (nSPS) is 21.7. The smallest absolute Gasteiger partial charge is 0.158 e. The van der Waals surface area contributed by atoms with Gasteiger partial charge in [0, 0.05) is 39.1 Å². The van der Waals surface area contributed by atoms with Gasteiger partial charge in [-0.3, -0.25) is 4.90 Å². The number of anilines is 1. The summed E-state index contributed by atoms with van der Waals surface area (Å²) in [7, 11) is 0. The molecule has 0 amide bonds. The highest BCUT2D eigenvalue weighted by atomic mass is 19.1. The molecule has 3 rings (SSSR count). The van der Waals surface area contributed by atoms with Crippen molar-refractivity contribution in [2.75, 3.05) is 50.8 Å². The molecule has 2 aliphatic rings. The first kappa shape index (κ1) is 14.8. The van der Waals surface area contributed by atoms with Crippen LogP contribution in [0.3, 0.4) is 0 Å². The first-order chi connectivity index (χ1) is 10.3. The Morgan fingerprint density at radius 1 is 1.05 bits per heavy atom. The Kier molecular flexibility index (Phi) is 5.06. The molecule has 0 spiro atoms. The van der Waals surface area contributed by atoms with Crippen LogP contribution in [0.1, 0.15) is 12.8 Å². The summed E-state index contributed by atoms with van der Waals surface area (Å²) >= 11 is 0. The van der Waals surface area contributed by atoms with Gasteiger partial charge in [-0.15, -0.1) is 0 Å². The van der Waals surface area contributed by atoms with E-state index in [4.69, 9.17) is 9.47 Å². The Morgan fingerprint density at radius 3 is 2.48 bits per heavy atom. The van der Waals surface area contributed by atoms with Gasteiger partial charge >= 0.3 is 0 Å². The molecule has 0 saturated carbocycles. The topological polar surface area (TPSA) is 24.9 Å². The van der Waals surface area contributed by atoms with Crippen molar-refractivity contribution < 1.29 is 13.9 Å². The van der Waals surface area contributed by atoms with Gasteiger partial charge in [-0.25, -0.2) is 4.39 Å². The summed E-state index contributed by atoms with van der Waals surface area (Å²) < 4.78 is 24.9. The van der Waals surface area contributed by atoms with E-state index in [9.17, 15) is 4.39 Å². The van der Waals surface area contributed by atoms with Gasteiger partial charge in [-0.2, -0.15) is 0 Å². The van der Waals surface area contributed by atoms with Gasteiger partial charge in [0.1, 0.15) is 5.82 Å². The van der Waals surface area contributed by atoms with Crippen LogP contribution in [0.5, 0.6) is 0 Å². The number of ether oxygens (including phenoxy) is 2. The standard InChI is InChI=1S/C16H23FN2O2/c17-14-4-1-2-5-15(14)19-10-8-18(9-11-19)7-6-16-20-12-3-13-21-16/h1-2,4-5,16H,3,6-13H2. The molecule has 5 heteroatoms. The van der Waals surface area contributed by atoms with Gasteiger partial charge in [0.05, 0.1) is 18.9 Å². The zero-order valence-electron chi connectivity index (χ0n) is 12.3. The Bertz CT molecular complexity index is 444. The van der Waals surface area contributed by atoms with Crippen molar-refractivity contribution in [1.29, 1.82) is 0 Å². The first-order valence-electron chi connectivity index (χ1n) is 7.78. The summed E-state index contributed by atoms with van der Waals surface area (Å²) in [6.45, 7) is 6.26. The number of benzene rings is 1. The minimum absolute atomic E-state index is 0.0386. The van der Waals surface area contributed by atoms with Crippen molar-refractivity contribution in [3.05, 3.63) is 30.1 Å². The fourth-order valence-electron chi connectivity index (χ4n) is 2.91. The third-order valence-electron chi connectivity index (χ3n) is 4.14. The second-order valence-corrected chi connectivity index (χ2v) is 5.59. The SMILES string of the molecule is Fc1ccccc1N1CCN(CCC2OCCCO2)CC1. The van der Waals surface area contributed by atoms with E-state index in [0.717, 1.165) is 64.5 Å². The number of halogens is 1. The first-order valence-corrected chi connectivity index (χ1v) is 7.78. The maximum absolute atomic E-state index is 13.8. The van der Waals surface area contributed by atoms with E-state index in [1.165, 1.54) is 6.07 Å². The van der Waals surface area contributed by atoms with Crippen molar-refractivity contribution >= 4 is 5.69 Å². The van der Waals surface area contributed by atoms with Crippen molar-refractivity contribution in [3.63, 3.8) is 0 Å². The van der Waals surface area contributed by atoms with Crippen LogP contribution < -0.4 is 4.90 Å². The van der Waals surface area contributed by atoms with E-state index in [1.807, 2.05) is 12.1 Å². The molecule has 2 fully saturated rings. The van der Waals surface area contributed by atoms with Gasteiger partial charge in [0.15, 0.2) is 6.29 Å². The summed E-state index contributed by atoms with van der Waals surface area (Å²) in [4.78, 5) is 4.53. The molecule has 0 bridgehead atoms. The number of nitrogens with zero attached hydrogens (tertiary/aromatic N) is 2. The maximum atomic E-state index is 13.8. The van der Waals surface area contributed by atoms with Crippen LogP contribution in [0, 0.1) is 5.82 Å². The van der Waals surface area contributed by atoms with Gasteiger partial charge in [-0.1, -0.05) is 12.1 Å². The number of hydrogen-bond donors (Lipinski definition) is 0. The van der Waals surface area contributed by atoms with Gasteiger partial charge in [-0.05, 0) is 18.6 Å². The Labute approximate surface area is 125 Å². The van der Waals surface area contributed by atoms with E-state index < -0.39 is 0 Å². The van der Waals surface area contributed by atoms with Crippen LogP contribution in [0.4, 0.5) is 10.1 Å². The minimum atomic E-state index is -0.130. The molecular weight excluding hydrogens is 271 g/mol. The summed E-state index contributed by atoms with van der Waals surface area (Å²) in [5.41, 5.74) is 0.719. The predicted octanol–water partition coefficient (Wildman–Crippen LogP) is 2.10. The Balaban J connectivity index is 1.43. The maximum Gasteiger partial charge on any atom is 0.158 e.